The average Bonchev–Trinajstić information content (AvgIpc) is 3.30. The fraction of sp³-hybridized carbons (Fsp3) is 0.333. The highest BCUT2D eigenvalue weighted by molar-refractivity contribution is 6.22. The minimum absolute atomic E-state index is 0.0327. The maximum absolute atomic E-state index is 12.3. The Morgan fingerprint density at radius 1 is 0.541 bits per heavy atom. The second kappa shape index (κ2) is 11.6. The zero-order valence-corrected chi connectivity index (χ0v) is 20.3. The maximum atomic E-state index is 12.3. The Bertz CT molecular complexity index is 1090. The van der Waals surface area contributed by atoms with E-state index in [0.29, 0.717) is 48.2 Å². The number of rotatable bonds is 12. The number of hydrogen-bond acceptors (Lipinski definition) is 6. The van der Waals surface area contributed by atoms with Crippen LogP contribution in [0.4, 0.5) is 0 Å². The molecule has 0 atom stereocenters. The van der Waals surface area contributed by atoms with Gasteiger partial charge in [0.25, 0.3) is 23.6 Å². The predicted molar refractivity (Wildman–Crippen MR) is 133 cm³/mol. The van der Waals surface area contributed by atoms with Crippen molar-refractivity contribution in [2.24, 2.45) is 0 Å². The van der Waals surface area contributed by atoms with Gasteiger partial charge in [0.05, 0.1) is 22.3 Å². The highest BCUT2D eigenvalue weighted by Gasteiger charge is 2.36. The summed E-state index contributed by atoms with van der Waals surface area (Å²) in [6, 6.07) is 13.2. The van der Waals surface area contributed by atoms with Crippen molar-refractivity contribution in [1.29, 1.82) is 0 Å². The number of nitrogens with one attached hydrogen (secondary N) is 2. The molecular formula is C27H28N4O6. The third-order valence-electron chi connectivity index (χ3n) is 6.38. The molecule has 2 aromatic rings. The van der Waals surface area contributed by atoms with Gasteiger partial charge in [0.15, 0.2) is 0 Å². The number of unbranched alkanes of at least 4 members (excludes halogenated alkanes) is 2. The summed E-state index contributed by atoms with van der Waals surface area (Å²) in [7, 11) is 0. The number of nitrogens with zero attached hydrogens (tertiary/aromatic N) is 2. The highest BCUT2D eigenvalue weighted by Crippen LogP contribution is 2.23. The van der Waals surface area contributed by atoms with E-state index >= 15 is 0 Å². The Morgan fingerprint density at radius 3 is 1.19 bits per heavy atom. The van der Waals surface area contributed by atoms with Crippen LogP contribution in [0.1, 0.15) is 73.5 Å². The van der Waals surface area contributed by atoms with Gasteiger partial charge in [-0.1, -0.05) is 24.3 Å². The zero-order valence-electron chi connectivity index (χ0n) is 20.3. The van der Waals surface area contributed by atoms with Crippen LogP contribution in [0.25, 0.3) is 0 Å². The van der Waals surface area contributed by atoms with E-state index in [1.54, 1.807) is 48.5 Å². The van der Waals surface area contributed by atoms with Crippen LogP contribution < -0.4 is 10.6 Å². The third kappa shape index (κ3) is 5.74. The van der Waals surface area contributed by atoms with E-state index in [9.17, 15) is 28.8 Å². The standard InChI is InChI=1S/C27H28N4O6/c32-22(12-16-30-24(34)18-8-2-3-9-19(18)25(30)35)28-14-6-1-7-15-29-23(33)13-17-31-26(36)20-10-4-5-11-21(20)27(31)37/h2-5,8-11H,1,6-7,12-17H2,(H,28,32)(H,29,33). The number of carbonyl (C=O) groups is 6. The van der Waals surface area contributed by atoms with Gasteiger partial charge in [0, 0.05) is 39.0 Å². The first-order valence-electron chi connectivity index (χ1n) is 12.3. The first-order chi connectivity index (χ1) is 17.9. The summed E-state index contributed by atoms with van der Waals surface area (Å²) >= 11 is 0. The zero-order chi connectivity index (χ0) is 26.4. The molecule has 2 heterocycles. The van der Waals surface area contributed by atoms with E-state index in [-0.39, 0.29) is 61.4 Å². The molecule has 192 valence electrons. The fourth-order valence-corrected chi connectivity index (χ4v) is 4.37. The molecule has 0 saturated carbocycles. The third-order valence-corrected chi connectivity index (χ3v) is 6.38. The summed E-state index contributed by atoms with van der Waals surface area (Å²) < 4.78 is 0. The lowest BCUT2D eigenvalue weighted by Gasteiger charge is -2.14. The van der Waals surface area contributed by atoms with E-state index < -0.39 is 0 Å². The maximum Gasteiger partial charge on any atom is 0.261 e. The smallest absolute Gasteiger partial charge is 0.261 e. The van der Waals surface area contributed by atoms with Gasteiger partial charge in [0.1, 0.15) is 0 Å². The topological polar surface area (TPSA) is 133 Å². The number of carbonyl (C=O) groups excluding carboxylic acids is 6. The largest absolute Gasteiger partial charge is 0.356 e. The normalized spacial score (nSPS) is 14.2. The molecule has 0 spiro atoms. The predicted octanol–water partition coefficient (Wildman–Crippen LogP) is 1.76. The molecule has 2 aromatic carbocycles. The van der Waals surface area contributed by atoms with Crippen LogP contribution in [0.2, 0.25) is 0 Å². The van der Waals surface area contributed by atoms with Gasteiger partial charge in [-0.2, -0.15) is 0 Å². The van der Waals surface area contributed by atoms with Gasteiger partial charge >= 0.3 is 0 Å². The van der Waals surface area contributed by atoms with Gasteiger partial charge < -0.3 is 10.6 Å². The van der Waals surface area contributed by atoms with Crippen molar-refractivity contribution in [3.8, 4) is 0 Å². The van der Waals surface area contributed by atoms with E-state index in [4.69, 9.17) is 0 Å². The molecule has 0 aromatic heterocycles. The molecule has 10 nitrogen and oxygen atoms in total. The molecule has 0 aliphatic carbocycles. The van der Waals surface area contributed by atoms with Crippen LogP contribution in [0.5, 0.6) is 0 Å². The van der Waals surface area contributed by atoms with E-state index in [1.165, 1.54) is 0 Å². The first kappa shape index (κ1) is 25.7. The van der Waals surface area contributed by atoms with Gasteiger partial charge in [-0.05, 0) is 43.5 Å². The Labute approximate surface area is 214 Å². The van der Waals surface area contributed by atoms with Gasteiger partial charge in [-0.3, -0.25) is 38.6 Å². The lowest BCUT2D eigenvalue weighted by Crippen LogP contribution is -2.35. The number of benzene rings is 2. The Morgan fingerprint density at radius 2 is 0.865 bits per heavy atom. The van der Waals surface area contributed by atoms with Crippen LogP contribution in [0.3, 0.4) is 0 Å². The summed E-state index contributed by atoms with van der Waals surface area (Å²) in [5.41, 5.74) is 1.46. The highest BCUT2D eigenvalue weighted by atomic mass is 16.2. The van der Waals surface area contributed by atoms with Crippen molar-refractivity contribution >= 4 is 35.4 Å². The van der Waals surface area contributed by atoms with Crippen molar-refractivity contribution in [1.82, 2.24) is 20.4 Å². The molecule has 0 fully saturated rings. The number of hydrogen-bond donors (Lipinski definition) is 2. The summed E-state index contributed by atoms with van der Waals surface area (Å²) in [5, 5.41) is 5.56. The quantitative estimate of drug-likeness (QED) is 0.334. The molecular weight excluding hydrogens is 476 g/mol. The molecule has 0 saturated heterocycles. The van der Waals surface area contributed by atoms with Crippen LogP contribution in [0, 0.1) is 0 Å². The van der Waals surface area contributed by atoms with Crippen LogP contribution in [-0.2, 0) is 9.59 Å². The molecule has 10 heteroatoms. The Balaban J connectivity index is 1.04. The van der Waals surface area contributed by atoms with E-state index in [0.717, 1.165) is 16.2 Å². The SMILES string of the molecule is O=C(CCN1C(=O)c2ccccc2C1=O)NCCCCCNC(=O)CCN1C(=O)c2ccccc2C1=O. The molecule has 37 heavy (non-hydrogen) atoms. The van der Waals surface area contributed by atoms with Crippen molar-refractivity contribution in [3.63, 3.8) is 0 Å². The summed E-state index contributed by atoms with van der Waals surface area (Å²) in [6.45, 7) is 0.971. The van der Waals surface area contributed by atoms with Crippen molar-refractivity contribution in [3.05, 3.63) is 70.8 Å². The molecule has 2 aliphatic heterocycles. The second-order valence-corrected chi connectivity index (χ2v) is 8.88. The van der Waals surface area contributed by atoms with Crippen molar-refractivity contribution in [2.75, 3.05) is 26.2 Å². The van der Waals surface area contributed by atoms with Crippen molar-refractivity contribution in [2.45, 2.75) is 32.1 Å². The Hall–Kier alpha value is -4.34. The molecule has 6 amide bonds. The minimum Gasteiger partial charge on any atom is -0.356 e. The monoisotopic (exact) mass is 504 g/mol. The minimum atomic E-state index is -0.376. The van der Waals surface area contributed by atoms with Gasteiger partial charge in [-0.25, -0.2) is 0 Å². The molecule has 2 N–H and O–H groups in total. The molecule has 0 radical (unpaired) electrons. The van der Waals surface area contributed by atoms with Crippen molar-refractivity contribution < 1.29 is 28.8 Å². The number of fused-ring (bicyclic) bond motifs is 2. The molecule has 0 unspecified atom stereocenters. The van der Waals surface area contributed by atoms with Crippen LogP contribution in [-0.4, -0.2) is 71.4 Å². The number of imide groups is 2. The summed E-state index contributed by atoms with van der Waals surface area (Å²) in [4.78, 5) is 75.7. The van der Waals surface area contributed by atoms with Crippen LogP contribution >= 0.6 is 0 Å². The second-order valence-electron chi connectivity index (χ2n) is 8.88. The molecule has 2 aliphatic rings. The fourth-order valence-electron chi connectivity index (χ4n) is 4.37. The molecule has 4 rings (SSSR count). The lowest BCUT2D eigenvalue weighted by molar-refractivity contribution is -0.121. The van der Waals surface area contributed by atoms with Crippen LogP contribution in [0.15, 0.2) is 48.5 Å². The summed E-state index contributed by atoms with van der Waals surface area (Å²) in [6.07, 6.45) is 2.27. The van der Waals surface area contributed by atoms with E-state index in [1.807, 2.05) is 0 Å². The average molecular weight is 505 g/mol. The van der Waals surface area contributed by atoms with E-state index in [2.05, 4.69) is 10.6 Å². The Kier molecular flexibility index (Phi) is 8.07. The summed E-state index contributed by atoms with van der Waals surface area (Å²) in [5.74, 6) is -1.98. The number of amides is 6. The lowest BCUT2D eigenvalue weighted by atomic mass is 10.1. The molecule has 0 bridgehead atoms. The van der Waals surface area contributed by atoms with Gasteiger partial charge in [0.2, 0.25) is 11.8 Å². The first-order valence-corrected chi connectivity index (χ1v) is 12.3. The van der Waals surface area contributed by atoms with Gasteiger partial charge in [-0.15, -0.1) is 0 Å².